The van der Waals surface area contributed by atoms with Gasteiger partial charge in [-0.1, -0.05) is 46.6 Å². The predicted octanol–water partition coefficient (Wildman–Crippen LogP) is 5.58. The average molecular weight is 643 g/mol. The molecule has 2 N–H and O–H groups in total. The van der Waals surface area contributed by atoms with E-state index >= 15 is 0 Å². The second-order valence-corrected chi connectivity index (χ2v) is 9.96. The molecule has 10 nitrogen and oxygen atoms in total. The molecule has 212 valence electrons. The van der Waals surface area contributed by atoms with Gasteiger partial charge < -0.3 is 19.5 Å². The van der Waals surface area contributed by atoms with Crippen LogP contribution in [0.2, 0.25) is 5.02 Å². The van der Waals surface area contributed by atoms with Crippen molar-refractivity contribution < 1.29 is 33.4 Å². The summed E-state index contributed by atoms with van der Waals surface area (Å²) in [4.78, 5) is 52.3. The van der Waals surface area contributed by atoms with Gasteiger partial charge in [0.2, 0.25) is 0 Å². The number of para-hydroxylation sites is 1. The van der Waals surface area contributed by atoms with Crippen molar-refractivity contribution in [1.29, 1.82) is 0 Å². The van der Waals surface area contributed by atoms with Crippen LogP contribution in [0.1, 0.15) is 18.9 Å². The second-order valence-electron chi connectivity index (χ2n) is 8.64. The molecule has 0 spiro atoms. The lowest BCUT2D eigenvalue weighted by Crippen LogP contribution is -2.54. The van der Waals surface area contributed by atoms with Gasteiger partial charge in [-0.15, -0.1) is 0 Å². The highest BCUT2D eigenvalue weighted by Gasteiger charge is 2.37. The van der Waals surface area contributed by atoms with Crippen LogP contribution in [0.25, 0.3) is 6.08 Å². The quantitative estimate of drug-likeness (QED) is 0.219. The molecule has 0 atom stereocenters. The lowest BCUT2D eigenvalue weighted by atomic mass is 10.1. The van der Waals surface area contributed by atoms with Gasteiger partial charge in [-0.3, -0.25) is 19.7 Å². The van der Waals surface area contributed by atoms with Crippen LogP contribution in [0, 0.1) is 0 Å². The zero-order valence-corrected chi connectivity index (χ0v) is 24.4. The Hall–Kier alpha value is -4.35. The van der Waals surface area contributed by atoms with Gasteiger partial charge in [0, 0.05) is 16.1 Å². The van der Waals surface area contributed by atoms with Crippen LogP contribution in [0.15, 0.2) is 70.7 Å². The van der Waals surface area contributed by atoms with Gasteiger partial charge in [-0.05, 0) is 55.0 Å². The molecule has 4 rings (SSSR count). The minimum absolute atomic E-state index is 0.175. The number of nitrogens with one attached hydrogen (secondary N) is 2. The molecule has 3 aromatic rings. The number of anilines is 2. The first kappa shape index (κ1) is 29.6. The van der Waals surface area contributed by atoms with Crippen LogP contribution in [0.3, 0.4) is 0 Å². The molecule has 0 radical (unpaired) electrons. The van der Waals surface area contributed by atoms with Gasteiger partial charge in [0.1, 0.15) is 11.3 Å². The first-order valence-electron chi connectivity index (χ1n) is 12.4. The van der Waals surface area contributed by atoms with Gasteiger partial charge >= 0.3 is 6.03 Å². The topological polar surface area (TPSA) is 123 Å². The standard InChI is InChI=1S/C29H25BrClN3O7/c1-3-12-40-24-11-9-19(15-25(24)39-2)34-28(37)20(27(36)33-29(34)38)14-17-13-18(30)8-10-23(17)41-16-26(35)32-22-7-5-4-6-21(22)31/h4-11,13-15H,3,12,16H2,1-2H3,(H,32,35)(H,33,36,38)/b20-14-. The number of urea groups is 1. The molecule has 0 saturated carbocycles. The largest absolute Gasteiger partial charge is 0.493 e. The summed E-state index contributed by atoms with van der Waals surface area (Å²) in [5, 5.41) is 5.22. The highest BCUT2D eigenvalue weighted by molar-refractivity contribution is 9.10. The predicted molar refractivity (Wildman–Crippen MR) is 158 cm³/mol. The van der Waals surface area contributed by atoms with E-state index in [9.17, 15) is 19.2 Å². The minimum atomic E-state index is -0.914. The Labute approximate surface area is 249 Å². The molecule has 3 aromatic carbocycles. The molecule has 1 fully saturated rings. The van der Waals surface area contributed by atoms with E-state index in [2.05, 4.69) is 26.6 Å². The number of imide groups is 2. The van der Waals surface area contributed by atoms with Crippen molar-refractivity contribution in [3.63, 3.8) is 0 Å². The molecule has 1 heterocycles. The van der Waals surface area contributed by atoms with Crippen LogP contribution < -0.4 is 29.7 Å². The lowest BCUT2D eigenvalue weighted by Gasteiger charge is -2.27. The maximum atomic E-state index is 13.5. The van der Waals surface area contributed by atoms with Crippen LogP contribution >= 0.6 is 27.5 Å². The van der Waals surface area contributed by atoms with Gasteiger partial charge in [-0.25, -0.2) is 9.69 Å². The van der Waals surface area contributed by atoms with E-state index in [1.54, 1.807) is 48.5 Å². The van der Waals surface area contributed by atoms with Crippen molar-refractivity contribution in [3.05, 3.63) is 81.3 Å². The fourth-order valence-electron chi connectivity index (χ4n) is 3.83. The first-order chi connectivity index (χ1) is 19.7. The number of benzene rings is 3. The number of carbonyl (C=O) groups is 4. The van der Waals surface area contributed by atoms with E-state index in [0.717, 1.165) is 11.3 Å². The second kappa shape index (κ2) is 13.3. The van der Waals surface area contributed by atoms with Crippen molar-refractivity contribution in [1.82, 2.24) is 5.32 Å². The third-order valence-electron chi connectivity index (χ3n) is 5.75. The van der Waals surface area contributed by atoms with E-state index in [1.807, 2.05) is 6.92 Å². The van der Waals surface area contributed by atoms with Crippen molar-refractivity contribution in [2.24, 2.45) is 0 Å². The fourth-order valence-corrected chi connectivity index (χ4v) is 4.39. The Kier molecular flexibility index (Phi) is 9.64. The van der Waals surface area contributed by atoms with Crippen LogP contribution in [-0.4, -0.2) is 44.1 Å². The van der Waals surface area contributed by atoms with E-state index in [1.165, 1.54) is 25.3 Å². The maximum Gasteiger partial charge on any atom is 0.335 e. The first-order valence-corrected chi connectivity index (χ1v) is 13.6. The summed E-state index contributed by atoms with van der Waals surface area (Å²) < 4.78 is 17.4. The average Bonchev–Trinajstić information content (AvgIpc) is 2.95. The summed E-state index contributed by atoms with van der Waals surface area (Å²) in [6.07, 6.45) is 2.07. The van der Waals surface area contributed by atoms with E-state index < -0.39 is 23.8 Å². The van der Waals surface area contributed by atoms with Crippen molar-refractivity contribution in [2.45, 2.75) is 13.3 Å². The molecule has 0 bridgehead atoms. The molecule has 41 heavy (non-hydrogen) atoms. The van der Waals surface area contributed by atoms with Crippen LogP contribution in [0.4, 0.5) is 16.2 Å². The Balaban J connectivity index is 1.59. The molecule has 0 aromatic heterocycles. The van der Waals surface area contributed by atoms with E-state index in [4.69, 9.17) is 25.8 Å². The maximum absolute atomic E-state index is 13.5. The smallest absolute Gasteiger partial charge is 0.335 e. The molecule has 1 aliphatic rings. The highest BCUT2D eigenvalue weighted by Crippen LogP contribution is 2.34. The van der Waals surface area contributed by atoms with Crippen LogP contribution in [-0.2, 0) is 14.4 Å². The van der Waals surface area contributed by atoms with Crippen molar-refractivity contribution >= 4 is 68.7 Å². The number of halogens is 2. The number of carbonyl (C=O) groups excluding carboxylic acids is 4. The van der Waals surface area contributed by atoms with Crippen molar-refractivity contribution in [2.75, 3.05) is 30.5 Å². The third-order valence-corrected chi connectivity index (χ3v) is 6.57. The Morgan fingerprint density at radius 2 is 1.78 bits per heavy atom. The van der Waals surface area contributed by atoms with E-state index in [-0.39, 0.29) is 23.6 Å². The van der Waals surface area contributed by atoms with Gasteiger partial charge in [0.05, 0.1) is 30.1 Å². The molecule has 1 aliphatic heterocycles. The molecule has 12 heteroatoms. The number of hydrogen-bond acceptors (Lipinski definition) is 7. The number of barbiturate groups is 1. The van der Waals surface area contributed by atoms with Crippen LogP contribution in [0.5, 0.6) is 17.2 Å². The normalized spacial score (nSPS) is 14.1. The van der Waals surface area contributed by atoms with Crippen molar-refractivity contribution in [3.8, 4) is 17.2 Å². The molecule has 1 saturated heterocycles. The number of amides is 5. The highest BCUT2D eigenvalue weighted by atomic mass is 79.9. The van der Waals surface area contributed by atoms with Gasteiger partial charge in [0.25, 0.3) is 17.7 Å². The monoisotopic (exact) mass is 641 g/mol. The summed E-state index contributed by atoms with van der Waals surface area (Å²) in [5.74, 6) is -1.22. The Morgan fingerprint density at radius 1 is 1.02 bits per heavy atom. The summed E-state index contributed by atoms with van der Waals surface area (Å²) in [6, 6.07) is 15.3. The molecule has 0 unspecified atom stereocenters. The zero-order chi connectivity index (χ0) is 29.5. The van der Waals surface area contributed by atoms with Gasteiger partial charge in [0.15, 0.2) is 18.1 Å². The fraction of sp³-hybridized carbons (Fsp3) is 0.172. The Morgan fingerprint density at radius 3 is 2.51 bits per heavy atom. The number of ether oxygens (including phenoxy) is 3. The number of nitrogens with zero attached hydrogens (tertiary/aromatic N) is 1. The zero-order valence-electron chi connectivity index (χ0n) is 22.0. The Bertz CT molecular complexity index is 1540. The molecular formula is C29H25BrClN3O7. The SMILES string of the molecule is CCCOc1ccc(N2C(=O)NC(=O)/C(=C/c3cc(Br)ccc3OCC(=O)Nc3ccccc3Cl)C2=O)cc1OC. The summed E-state index contributed by atoms with van der Waals surface area (Å²) in [7, 11) is 1.44. The minimum Gasteiger partial charge on any atom is -0.493 e. The van der Waals surface area contributed by atoms with E-state index in [0.29, 0.717) is 38.9 Å². The third kappa shape index (κ3) is 7.05. The molecule has 5 amide bonds. The summed E-state index contributed by atoms with van der Waals surface area (Å²) in [5.41, 5.74) is 0.599. The summed E-state index contributed by atoms with van der Waals surface area (Å²) >= 11 is 9.46. The molecule has 0 aliphatic carbocycles. The van der Waals surface area contributed by atoms with Gasteiger partial charge in [-0.2, -0.15) is 0 Å². The number of methoxy groups -OCH3 is 1. The lowest BCUT2D eigenvalue weighted by molar-refractivity contribution is -0.122. The molecular weight excluding hydrogens is 618 g/mol. The number of rotatable bonds is 10. The number of hydrogen-bond donors (Lipinski definition) is 2. The summed E-state index contributed by atoms with van der Waals surface area (Å²) in [6.45, 7) is 2.04.